The molecular formula is C47H90O6. The Morgan fingerprint density at radius 1 is 0.358 bits per heavy atom. The second kappa shape index (κ2) is 41.6. The van der Waals surface area contributed by atoms with Crippen LogP contribution in [-0.2, 0) is 28.6 Å². The molecule has 0 saturated heterocycles. The van der Waals surface area contributed by atoms with Crippen LogP contribution in [0.2, 0.25) is 0 Å². The first-order valence-electron chi connectivity index (χ1n) is 23.4. The molecule has 6 heteroatoms. The van der Waals surface area contributed by atoms with Gasteiger partial charge in [-0.2, -0.15) is 0 Å². The summed E-state index contributed by atoms with van der Waals surface area (Å²) >= 11 is 0. The smallest absolute Gasteiger partial charge is 0.306 e. The molecule has 0 aliphatic heterocycles. The molecule has 0 aromatic heterocycles. The van der Waals surface area contributed by atoms with Crippen molar-refractivity contribution in [3.63, 3.8) is 0 Å². The van der Waals surface area contributed by atoms with Gasteiger partial charge in [-0.3, -0.25) is 14.4 Å². The van der Waals surface area contributed by atoms with Crippen molar-refractivity contribution in [1.82, 2.24) is 0 Å². The summed E-state index contributed by atoms with van der Waals surface area (Å²) in [7, 11) is 0. The maximum absolute atomic E-state index is 12.7. The normalized spacial score (nSPS) is 11.9. The second-order valence-corrected chi connectivity index (χ2v) is 16.5. The molecule has 53 heavy (non-hydrogen) atoms. The molecule has 0 aromatic carbocycles. The fourth-order valence-electron chi connectivity index (χ4n) is 6.98. The van der Waals surface area contributed by atoms with Gasteiger partial charge >= 0.3 is 17.9 Å². The minimum atomic E-state index is -0.759. The molecule has 0 unspecified atom stereocenters. The van der Waals surface area contributed by atoms with Gasteiger partial charge < -0.3 is 14.2 Å². The van der Waals surface area contributed by atoms with Crippen molar-refractivity contribution in [2.75, 3.05) is 13.2 Å². The Balaban J connectivity index is 4.32. The Labute approximate surface area is 329 Å². The minimum Gasteiger partial charge on any atom is -0.462 e. The van der Waals surface area contributed by atoms with Gasteiger partial charge in [0.05, 0.1) is 0 Å². The summed E-state index contributed by atoms with van der Waals surface area (Å²) in [5, 5.41) is 0. The third kappa shape index (κ3) is 41.4. The van der Waals surface area contributed by atoms with E-state index in [4.69, 9.17) is 14.2 Å². The van der Waals surface area contributed by atoms with Gasteiger partial charge in [0.1, 0.15) is 13.2 Å². The molecule has 0 aliphatic rings. The molecule has 0 N–H and O–H groups in total. The Morgan fingerprint density at radius 3 is 0.925 bits per heavy atom. The van der Waals surface area contributed by atoms with E-state index in [0.29, 0.717) is 19.3 Å². The van der Waals surface area contributed by atoms with Crippen LogP contribution in [0.3, 0.4) is 0 Å². The van der Waals surface area contributed by atoms with E-state index < -0.39 is 6.10 Å². The number of rotatable bonds is 42. The summed E-state index contributed by atoms with van der Waals surface area (Å²) in [5.41, 5.74) is 0. The number of unbranched alkanes of at least 4 members (excludes halogenated alkanes) is 29. The maximum atomic E-state index is 12.7. The SMILES string of the molecule is CCCCCCCCCCCCCCCCC(=O)O[C@H](COC(=O)CCCCCCCCCCCCC)COC(=O)CCCCCCCCCC(C)C. The van der Waals surface area contributed by atoms with Gasteiger partial charge in [-0.25, -0.2) is 0 Å². The van der Waals surface area contributed by atoms with Gasteiger partial charge in [-0.05, 0) is 25.2 Å². The van der Waals surface area contributed by atoms with Crippen molar-refractivity contribution in [2.45, 2.75) is 265 Å². The van der Waals surface area contributed by atoms with Gasteiger partial charge in [0, 0.05) is 19.3 Å². The molecule has 1 atom stereocenters. The fraction of sp³-hybridized carbons (Fsp3) is 0.936. The number of carbonyl (C=O) groups is 3. The zero-order valence-electron chi connectivity index (χ0n) is 36.0. The monoisotopic (exact) mass is 751 g/mol. The van der Waals surface area contributed by atoms with Crippen LogP contribution in [-0.4, -0.2) is 37.2 Å². The molecule has 0 heterocycles. The molecule has 0 saturated carbocycles. The minimum absolute atomic E-state index is 0.0641. The number of ether oxygens (including phenoxy) is 3. The summed E-state index contributed by atoms with van der Waals surface area (Å²) < 4.78 is 16.7. The number of hydrogen-bond donors (Lipinski definition) is 0. The van der Waals surface area contributed by atoms with E-state index >= 15 is 0 Å². The third-order valence-corrected chi connectivity index (χ3v) is 10.5. The van der Waals surface area contributed by atoms with Gasteiger partial charge in [-0.15, -0.1) is 0 Å². The molecule has 0 rings (SSSR count). The number of carbonyl (C=O) groups excluding carboxylic acids is 3. The topological polar surface area (TPSA) is 78.9 Å². The lowest BCUT2D eigenvalue weighted by atomic mass is 10.0. The molecule has 0 aromatic rings. The van der Waals surface area contributed by atoms with Crippen molar-refractivity contribution >= 4 is 17.9 Å². The number of hydrogen-bond acceptors (Lipinski definition) is 6. The summed E-state index contributed by atoms with van der Waals surface area (Å²) in [6, 6.07) is 0. The Hall–Kier alpha value is -1.59. The van der Waals surface area contributed by atoms with Crippen molar-refractivity contribution in [3.05, 3.63) is 0 Å². The summed E-state index contributed by atoms with van der Waals surface area (Å²) in [4.78, 5) is 37.7. The van der Waals surface area contributed by atoms with E-state index in [-0.39, 0.29) is 31.1 Å². The Morgan fingerprint density at radius 2 is 0.623 bits per heavy atom. The second-order valence-electron chi connectivity index (χ2n) is 16.5. The van der Waals surface area contributed by atoms with Crippen molar-refractivity contribution in [1.29, 1.82) is 0 Å². The van der Waals surface area contributed by atoms with Crippen molar-refractivity contribution < 1.29 is 28.6 Å². The average molecular weight is 751 g/mol. The zero-order chi connectivity index (χ0) is 38.9. The molecule has 0 aliphatic carbocycles. The van der Waals surface area contributed by atoms with E-state index in [2.05, 4.69) is 27.7 Å². The molecule has 0 amide bonds. The predicted molar refractivity (Wildman–Crippen MR) is 224 cm³/mol. The highest BCUT2D eigenvalue weighted by Crippen LogP contribution is 2.16. The van der Waals surface area contributed by atoms with Crippen LogP contribution in [0.25, 0.3) is 0 Å². The van der Waals surface area contributed by atoms with Crippen LogP contribution in [0.1, 0.15) is 259 Å². The lowest BCUT2D eigenvalue weighted by molar-refractivity contribution is -0.167. The van der Waals surface area contributed by atoms with Crippen molar-refractivity contribution in [3.8, 4) is 0 Å². The highest BCUT2D eigenvalue weighted by atomic mass is 16.6. The Kier molecular flexibility index (Phi) is 40.3. The quantitative estimate of drug-likeness (QED) is 0.0351. The first-order chi connectivity index (χ1) is 25.9. The largest absolute Gasteiger partial charge is 0.462 e. The first-order valence-corrected chi connectivity index (χ1v) is 23.4. The summed E-state index contributed by atoms with van der Waals surface area (Å²) in [6.07, 6.45) is 40.9. The van der Waals surface area contributed by atoms with Gasteiger partial charge in [0.25, 0.3) is 0 Å². The van der Waals surface area contributed by atoms with E-state index in [9.17, 15) is 14.4 Å². The van der Waals surface area contributed by atoms with E-state index in [1.165, 1.54) is 154 Å². The van der Waals surface area contributed by atoms with E-state index in [0.717, 1.165) is 63.7 Å². The molecule has 0 spiro atoms. The van der Waals surface area contributed by atoms with E-state index in [1.807, 2.05) is 0 Å². The summed E-state index contributed by atoms with van der Waals surface area (Å²) in [6.45, 7) is 8.95. The van der Waals surface area contributed by atoms with Crippen molar-refractivity contribution in [2.24, 2.45) is 5.92 Å². The van der Waals surface area contributed by atoms with Crippen LogP contribution in [0, 0.1) is 5.92 Å². The average Bonchev–Trinajstić information content (AvgIpc) is 3.14. The number of esters is 3. The molecule has 6 nitrogen and oxygen atoms in total. The molecule has 0 fully saturated rings. The van der Waals surface area contributed by atoms with Gasteiger partial charge in [-0.1, -0.05) is 220 Å². The van der Waals surface area contributed by atoms with Gasteiger partial charge in [0.2, 0.25) is 0 Å². The third-order valence-electron chi connectivity index (χ3n) is 10.5. The van der Waals surface area contributed by atoms with Crippen LogP contribution < -0.4 is 0 Å². The van der Waals surface area contributed by atoms with Crippen LogP contribution in [0.15, 0.2) is 0 Å². The molecule has 314 valence electrons. The maximum Gasteiger partial charge on any atom is 0.306 e. The standard InChI is InChI=1S/C47H90O6/c1-5-7-9-11-13-15-17-18-19-21-23-27-32-36-40-47(50)53-44(42-52-46(49)39-35-31-28-24-25-29-33-37-43(3)4)41-51-45(48)38-34-30-26-22-20-16-14-12-10-8-6-2/h43-44H,5-42H2,1-4H3/t44-/m1/s1. The Bertz CT molecular complexity index is 796. The van der Waals surface area contributed by atoms with Crippen LogP contribution in [0.5, 0.6) is 0 Å². The first kappa shape index (κ1) is 51.4. The zero-order valence-corrected chi connectivity index (χ0v) is 36.0. The molecular weight excluding hydrogens is 661 g/mol. The van der Waals surface area contributed by atoms with Gasteiger partial charge in [0.15, 0.2) is 6.10 Å². The fourth-order valence-corrected chi connectivity index (χ4v) is 6.98. The summed E-state index contributed by atoms with van der Waals surface area (Å²) in [5.74, 6) is -0.0733. The van der Waals surface area contributed by atoms with E-state index in [1.54, 1.807) is 0 Å². The predicted octanol–water partition coefficient (Wildman–Crippen LogP) is 14.7. The van der Waals surface area contributed by atoms with Crippen LogP contribution >= 0.6 is 0 Å². The molecule has 0 bridgehead atoms. The van der Waals surface area contributed by atoms with Crippen LogP contribution in [0.4, 0.5) is 0 Å². The lowest BCUT2D eigenvalue weighted by Gasteiger charge is -2.18. The lowest BCUT2D eigenvalue weighted by Crippen LogP contribution is -2.30. The highest BCUT2D eigenvalue weighted by Gasteiger charge is 2.19. The highest BCUT2D eigenvalue weighted by molar-refractivity contribution is 5.71. The molecule has 0 radical (unpaired) electrons.